The fourth-order valence-corrected chi connectivity index (χ4v) is 5.97. The molecule has 4 rings (SSSR count). The van der Waals surface area contributed by atoms with Gasteiger partial charge in [-0.2, -0.15) is 0 Å². The molecule has 1 aliphatic heterocycles. The van der Waals surface area contributed by atoms with Crippen molar-refractivity contribution in [1.82, 2.24) is 10.2 Å². The minimum absolute atomic E-state index is 0. The standard InChI is InChI=1S/C19H32N2O2.ClH/c1-3-23-16-12-15(19(16)6-4-5-7-19)21(2)17(22)14-13-18(14)8-10-20-11-9-18;/h14-16,20H,3-13H2,1-2H3;1H. The van der Waals surface area contributed by atoms with Gasteiger partial charge in [0, 0.05) is 31.0 Å². The van der Waals surface area contributed by atoms with Crippen LogP contribution in [0.1, 0.15) is 58.3 Å². The van der Waals surface area contributed by atoms with Crippen molar-refractivity contribution < 1.29 is 9.53 Å². The van der Waals surface area contributed by atoms with Gasteiger partial charge in [0.1, 0.15) is 0 Å². The molecule has 4 nitrogen and oxygen atoms in total. The van der Waals surface area contributed by atoms with Crippen LogP contribution in [0.15, 0.2) is 0 Å². The van der Waals surface area contributed by atoms with Crippen LogP contribution in [0.25, 0.3) is 0 Å². The first-order chi connectivity index (χ1) is 11.1. The van der Waals surface area contributed by atoms with Gasteiger partial charge in [-0.05, 0) is 64.0 Å². The molecule has 0 aromatic rings. The number of carbonyl (C=O) groups is 1. The van der Waals surface area contributed by atoms with E-state index in [1.54, 1.807) is 0 Å². The highest BCUT2D eigenvalue weighted by Crippen LogP contribution is 2.61. The second-order valence-electron chi connectivity index (χ2n) is 8.45. The van der Waals surface area contributed by atoms with Crippen molar-refractivity contribution in [3.05, 3.63) is 0 Å². The molecule has 1 saturated heterocycles. The molecule has 0 aromatic carbocycles. The third-order valence-corrected chi connectivity index (χ3v) is 7.55. The fraction of sp³-hybridized carbons (Fsp3) is 0.947. The monoisotopic (exact) mass is 356 g/mol. The topological polar surface area (TPSA) is 41.6 Å². The lowest BCUT2D eigenvalue weighted by atomic mass is 9.60. The number of nitrogens with zero attached hydrogens (tertiary/aromatic N) is 1. The van der Waals surface area contributed by atoms with E-state index in [-0.39, 0.29) is 17.8 Å². The first kappa shape index (κ1) is 18.5. The highest BCUT2D eigenvalue weighted by atomic mass is 35.5. The van der Waals surface area contributed by atoms with Crippen LogP contribution < -0.4 is 5.32 Å². The zero-order valence-electron chi connectivity index (χ0n) is 15.2. The smallest absolute Gasteiger partial charge is 0.226 e. The first-order valence-electron chi connectivity index (χ1n) is 9.72. The summed E-state index contributed by atoms with van der Waals surface area (Å²) >= 11 is 0. The Balaban J connectivity index is 0.00000169. The Morgan fingerprint density at radius 3 is 2.50 bits per heavy atom. The fourth-order valence-electron chi connectivity index (χ4n) is 5.97. The van der Waals surface area contributed by atoms with Crippen LogP contribution >= 0.6 is 12.4 Å². The summed E-state index contributed by atoms with van der Waals surface area (Å²) < 4.78 is 6.02. The van der Waals surface area contributed by atoms with Gasteiger partial charge in [0.05, 0.1) is 6.10 Å². The van der Waals surface area contributed by atoms with E-state index in [0.29, 0.717) is 29.4 Å². The van der Waals surface area contributed by atoms with E-state index in [9.17, 15) is 4.79 Å². The normalized spacial score (nSPS) is 35.3. The summed E-state index contributed by atoms with van der Waals surface area (Å²) in [7, 11) is 2.07. The Hall–Kier alpha value is -0.320. The van der Waals surface area contributed by atoms with Crippen LogP contribution in [0.3, 0.4) is 0 Å². The minimum Gasteiger partial charge on any atom is -0.378 e. The van der Waals surface area contributed by atoms with Gasteiger partial charge < -0.3 is 15.0 Å². The molecule has 1 amide bonds. The molecule has 3 unspecified atom stereocenters. The maximum absolute atomic E-state index is 13.1. The van der Waals surface area contributed by atoms with E-state index in [4.69, 9.17) is 4.74 Å². The van der Waals surface area contributed by atoms with E-state index < -0.39 is 0 Å². The quantitative estimate of drug-likeness (QED) is 0.841. The highest BCUT2D eigenvalue weighted by molar-refractivity contribution is 5.85. The molecule has 3 aliphatic carbocycles. The molecule has 4 fully saturated rings. The summed E-state index contributed by atoms with van der Waals surface area (Å²) in [6.07, 6.45) is 10.1. The van der Waals surface area contributed by atoms with Crippen LogP contribution in [-0.4, -0.2) is 49.7 Å². The van der Waals surface area contributed by atoms with Gasteiger partial charge in [-0.3, -0.25) is 4.79 Å². The second kappa shape index (κ2) is 6.77. The summed E-state index contributed by atoms with van der Waals surface area (Å²) in [6.45, 7) is 5.08. The maximum atomic E-state index is 13.1. The van der Waals surface area contributed by atoms with Crippen LogP contribution in [0.2, 0.25) is 0 Å². The molecule has 1 heterocycles. The lowest BCUT2D eigenvalue weighted by Crippen LogP contribution is -2.64. The van der Waals surface area contributed by atoms with Crippen molar-refractivity contribution in [2.24, 2.45) is 16.7 Å². The van der Waals surface area contributed by atoms with Crippen LogP contribution in [0.5, 0.6) is 0 Å². The van der Waals surface area contributed by atoms with Gasteiger partial charge in [-0.15, -0.1) is 12.4 Å². The van der Waals surface area contributed by atoms with Crippen LogP contribution in [-0.2, 0) is 9.53 Å². The zero-order chi connectivity index (χ0) is 16.1. The number of hydrogen-bond acceptors (Lipinski definition) is 3. The van der Waals surface area contributed by atoms with E-state index in [1.165, 1.54) is 38.5 Å². The Bertz CT molecular complexity index is 472. The Morgan fingerprint density at radius 1 is 1.21 bits per heavy atom. The lowest BCUT2D eigenvalue weighted by molar-refractivity contribution is -0.173. The summed E-state index contributed by atoms with van der Waals surface area (Å²) in [6, 6.07) is 0.424. The molecule has 138 valence electrons. The van der Waals surface area contributed by atoms with Crippen LogP contribution in [0.4, 0.5) is 0 Å². The molecule has 5 heteroatoms. The predicted octanol–water partition coefficient (Wildman–Crippen LogP) is 2.99. The number of piperidine rings is 1. The number of carbonyl (C=O) groups excluding carboxylic acids is 1. The van der Waals surface area contributed by atoms with Crippen molar-refractivity contribution in [2.75, 3.05) is 26.7 Å². The van der Waals surface area contributed by atoms with E-state index in [0.717, 1.165) is 32.5 Å². The molecular formula is C19H33ClN2O2. The number of halogens is 1. The largest absolute Gasteiger partial charge is 0.378 e. The number of amides is 1. The zero-order valence-corrected chi connectivity index (χ0v) is 16.0. The first-order valence-corrected chi connectivity index (χ1v) is 9.72. The van der Waals surface area contributed by atoms with Gasteiger partial charge in [-0.1, -0.05) is 12.8 Å². The van der Waals surface area contributed by atoms with Gasteiger partial charge in [0.2, 0.25) is 5.91 Å². The maximum Gasteiger partial charge on any atom is 0.226 e. The predicted molar refractivity (Wildman–Crippen MR) is 97.4 cm³/mol. The molecule has 3 atom stereocenters. The van der Waals surface area contributed by atoms with Gasteiger partial charge in [0.15, 0.2) is 0 Å². The summed E-state index contributed by atoms with van der Waals surface area (Å²) in [5.41, 5.74) is 0.624. The Labute approximate surface area is 152 Å². The Morgan fingerprint density at radius 2 is 1.88 bits per heavy atom. The van der Waals surface area contributed by atoms with E-state index >= 15 is 0 Å². The molecule has 4 aliphatic rings. The van der Waals surface area contributed by atoms with Crippen molar-refractivity contribution in [3.63, 3.8) is 0 Å². The molecule has 1 N–H and O–H groups in total. The number of ether oxygens (including phenoxy) is 1. The van der Waals surface area contributed by atoms with Gasteiger partial charge >= 0.3 is 0 Å². The molecule has 24 heavy (non-hydrogen) atoms. The van der Waals surface area contributed by atoms with Crippen molar-refractivity contribution >= 4 is 18.3 Å². The average molecular weight is 357 g/mol. The molecule has 0 aromatic heterocycles. The van der Waals surface area contributed by atoms with Crippen molar-refractivity contribution in [3.8, 4) is 0 Å². The van der Waals surface area contributed by atoms with Crippen LogP contribution in [0, 0.1) is 16.7 Å². The van der Waals surface area contributed by atoms with Gasteiger partial charge in [0.25, 0.3) is 0 Å². The highest BCUT2D eigenvalue weighted by Gasteiger charge is 2.63. The van der Waals surface area contributed by atoms with Gasteiger partial charge in [-0.25, -0.2) is 0 Å². The number of rotatable bonds is 4. The molecular weight excluding hydrogens is 324 g/mol. The Kier molecular flexibility index (Phi) is 5.21. The van der Waals surface area contributed by atoms with E-state index in [2.05, 4.69) is 24.2 Å². The third kappa shape index (κ3) is 2.69. The lowest BCUT2D eigenvalue weighted by Gasteiger charge is -2.57. The number of hydrogen-bond donors (Lipinski definition) is 1. The number of nitrogens with one attached hydrogen (secondary N) is 1. The van der Waals surface area contributed by atoms with Crippen molar-refractivity contribution in [1.29, 1.82) is 0 Å². The molecule has 0 radical (unpaired) electrons. The molecule has 3 saturated carbocycles. The molecule has 2 spiro atoms. The SMILES string of the molecule is CCOC1CC(N(C)C(=O)C2CC23CCNCC3)C12CCCC2.Cl. The summed E-state index contributed by atoms with van der Waals surface area (Å²) in [5, 5.41) is 3.43. The summed E-state index contributed by atoms with van der Waals surface area (Å²) in [4.78, 5) is 15.2. The van der Waals surface area contributed by atoms with E-state index in [1.807, 2.05) is 0 Å². The minimum atomic E-state index is 0. The summed E-state index contributed by atoms with van der Waals surface area (Å²) in [5.74, 6) is 0.734. The second-order valence-corrected chi connectivity index (χ2v) is 8.45. The van der Waals surface area contributed by atoms with Crippen molar-refractivity contribution in [2.45, 2.75) is 70.4 Å². The third-order valence-electron chi connectivity index (χ3n) is 7.55. The average Bonchev–Trinajstić information content (AvgIpc) is 3.02. The molecule has 0 bridgehead atoms.